The van der Waals surface area contributed by atoms with Crippen molar-refractivity contribution < 1.29 is 13.9 Å². The Morgan fingerprint density at radius 3 is 2.78 bits per heavy atom. The van der Waals surface area contributed by atoms with Crippen LogP contribution in [-0.4, -0.2) is 10.9 Å². The molecule has 7 heteroatoms. The molecule has 0 saturated heterocycles. The molecule has 1 aromatic carbocycles. The van der Waals surface area contributed by atoms with Crippen LogP contribution in [0.25, 0.3) is 0 Å². The number of nitrogens with zero attached hydrogens (tertiary/aromatic N) is 1. The van der Waals surface area contributed by atoms with Gasteiger partial charge in [-0.2, -0.15) is 0 Å². The quantitative estimate of drug-likeness (QED) is 0.686. The van der Waals surface area contributed by atoms with Gasteiger partial charge in [-0.1, -0.05) is 15.9 Å². The van der Waals surface area contributed by atoms with Crippen molar-refractivity contribution in [3.05, 3.63) is 63.5 Å². The molecule has 0 aliphatic heterocycles. The Kier molecular flexibility index (Phi) is 4.78. The van der Waals surface area contributed by atoms with Crippen molar-refractivity contribution in [1.82, 2.24) is 4.98 Å². The van der Waals surface area contributed by atoms with Crippen LogP contribution >= 0.6 is 27.3 Å². The lowest BCUT2D eigenvalue weighted by Crippen LogP contribution is -2.10. The first-order valence-corrected chi connectivity index (χ1v) is 8.42. The summed E-state index contributed by atoms with van der Waals surface area (Å²) in [6.45, 7) is 2.18. The highest BCUT2D eigenvalue weighted by Gasteiger charge is 2.13. The summed E-state index contributed by atoms with van der Waals surface area (Å²) in [7, 11) is 0. The summed E-state index contributed by atoms with van der Waals surface area (Å²) in [5.41, 5.74) is 0. The number of aryl methyl sites for hydroxylation is 1. The van der Waals surface area contributed by atoms with E-state index in [1.807, 2.05) is 31.2 Å². The number of rotatable bonds is 5. The molecule has 23 heavy (non-hydrogen) atoms. The lowest BCUT2D eigenvalue weighted by atomic mass is 10.3. The van der Waals surface area contributed by atoms with Crippen molar-refractivity contribution in [1.29, 1.82) is 0 Å². The number of anilines is 1. The van der Waals surface area contributed by atoms with Gasteiger partial charge >= 0.3 is 0 Å². The summed E-state index contributed by atoms with van der Waals surface area (Å²) < 4.78 is 12.1. The number of halogens is 1. The fourth-order valence-electron chi connectivity index (χ4n) is 1.83. The number of thiazole rings is 1. The third-order valence-corrected chi connectivity index (χ3v) is 4.28. The SMILES string of the molecule is Cc1cnc(NC(=O)c2ccc(COc3ccc(Br)cc3)o2)s1. The van der Waals surface area contributed by atoms with Gasteiger partial charge in [0, 0.05) is 15.5 Å². The predicted molar refractivity (Wildman–Crippen MR) is 92.0 cm³/mol. The second-order valence-corrected chi connectivity index (χ2v) is 6.89. The molecule has 0 aliphatic rings. The molecule has 5 nitrogen and oxygen atoms in total. The summed E-state index contributed by atoms with van der Waals surface area (Å²) in [6, 6.07) is 10.8. The molecule has 2 heterocycles. The minimum Gasteiger partial charge on any atom is -0.486 e. The van der Waals surface area contributed by atoms with E-state index in [9.17, 15) is 4.79 Å². The number of hydrogen-bond donors (Lipinski definition) is 1. The number of carbonyl (C=O) groups excluding carboxylic acids is 1. The number of benzene rings is 1. The van der Waals surface area contributed by atoms with E-state index >= 15 is 0 Å². The van der Waals surface area contributed by atoms with E-state index < -0.39 is 0 Å². The molecule has 0 radical (unpaired) electrons. The Balaban J connectivity index is 1.59. The topological polar surface area (TPSA) is 64.4 Å². The second kappa shape index (κ2) is 6.97. The van der Waals surface area contributed by atoms with Crippen LogP contribution in [0.15, 0.2) is 51.5 Å². The van der Waals surface area contributed by atoms with Gasteiger partial charge in [0.15, 0.2) is 10.9 Å². The normalized spacial score (nSPS) is 10.5. The monoisotopic (exact) mass is 392 g/mol. The fraction of sp³-hybridized carbons (Fsp3) is 0.125. The smallest absolute Gasteiger partial charge is 0.293 e. The highest BCUT2D eigenvalue weighted by atomic mass is 79.9. The summed E-state index contributed by atoms with van der Waals surface area (Å²) >= 11 is 4.78. The number of amides is 1. The highest BCUT2D eigenvalue weighted by Crippen LogP contribution is 2.20. The molecule has 1 amide bonds. The molecule has 0 unspecified atom stereocenters. The van der Waals surface area contributed by atoms with Crippen LogP contribution in [0.3, 0.4) is 0 Å². The Morgan fingerprint density at radius 1 is 1.30 bits per heavy atom. The number of hydrogen-bond acceptors (Lipinski definition) is 5. The van der Waals surface area contributed by atoms with Gasteiger partial charge in [-0.3, -0.25) is 10.1 Å². The van der Waals surface area contributed by atoms with Crippen molar-refractivity contribution >= 4 is 38.3 Å². The van der Waals surface area contributed by atoms with Crippen LogP contribution in [0.5, 0.6) is 5.75 Å². The fourth-order valence-corrected chi connectivity index (χ4v) is 2.76. The lowest BCUT2D eigenvalue weighted by molar-refractivity contribution is 0.0992. The molecule has 0 fully saturated rings. The molecule has 0 aliphatic carbocycles. The average Bonchev–Trinajstić information content (AvgIpc) is 3.16. The van der Waals surface area contributed by atoms with Gasteiger partial charge in [0.1, 0.15) is 18.1 Å². The summed E-state index contributed by atoms with van der Waals surface area (Å²) in [5.74, 6) is 1.21. The molecular weight excluding hydrogens is 380 g/mol. The van der Waals surface area contributed by atoms with Crippen molar-refractivity contribution in [2.45, 2.75) is 13.5 Å². The molecule has 0 atom stereocenters. The van der Waals surface area contributed by atoms with E-state index in [2.05, 4.69) is 26.2 Å². The number of ether oxygens (including phenoxy) is 1. The first-order valence-electron chi connectivity index (χ1n) is 6.81. The van der Waals surface area contributed by atoms with E-state index in [-0.39, 0.29) is 18.3 Å². The van der Waals surface area contributed by atoms with E-state index in [0.717, 1.165) is 15.1 Å². The molecule has 3 rings (SSSR count). The maximum atomic E-state index is 12.1. The average molecular weight is 393 g/mol. The van der Waals surface area contributed by atoms with Gasteiger partial charge in [0.25, 0.3) is 5.91 Å². The molecule has 3 aromatic rings. The van der Waals surface area contributed by atoms with Crippen LogP contribution in [0.4, 0.5) is 5.13 Å². The van der Waals surface area contributed by atoms with Crippen molar-refractivity contribution in [3.63, 3.8) is 0 Å². The van der Waals surface area contributed by atoms with E-state index in [1.54, 1.807) is 18.3 Å². The zero-order valence-electron chi connectivity index (χ0n) is 12.2. The Hall–Kier alpha value is -2.12. The van der Waals surface area contributed by atoms with E-state index in [0.29, 0.717) is 10.9 Å². The number of nitrogens with one attached hydrogen (secondary N) is 1. The molecule has 118 valence electrons. The zero-order valence-corrected chi connectivity index (χ0v) is 14.6. The molecular formula is C16H13BrN2O3S. The number of furan rings is 1. The second-order valence-electron chi connectivity index (χ2n) is 4.74. The van der Waals surface area contributed by atoms with Crippen LogP contribution in [0.1, 0.15) is 21.2 Å². The third-order valence-electron chi connectivity index (χ3n) is 2.92. The molecule has 0 bridgehead atoms. The van der Waals surface area contributed by atoms with Crippen LogP contribution in [0, 0.1) is 6.92 Å². The standard InChI is InChI=1S/C16H13BrN2O3S/c1-10-8-18-16(23-10)19-15(20)14-7-6-13(22-14)9-21-12-4-2-11(17)3-5-12/h2-8H,9H2,1H3,(H,18,19,20). The summed E-state index contributed by atoms with van der Waals surface area (Å²) in [6.07, 6.45) is 1.71. The maximum absolute atomic E-state index is 12.1. The number of aromatic nitrogens is 1. The molecule has 1 N–H and O–H groups in total. The molecule has 0 spiro atoms. The highest BCUT2D eigenvalue weighted by molar-refractivity contribution is 9.10. The Bertz CT molecular complexity index is 811. The first-order chi connectivity index (χ1) is 11.1. The minimum absolute atomic E-state index is 0.229. The van der Waals surface area contributed by atoms with E-state index in [4.69, 9.17) is 9.15 Å². The van der Waals surface area contributed by atoms with Gasteiger partial charge in [0.05, 0.1) is 0 Å². The van der Waals surface area contributed by atoms with Crippen molar-refractivity contribution in [2.75, 3.05) is 5.32 Å². The van der Waals surface area contributed by atoms with Gasteiger partial charge < -0.3 is 9.15 Å². The zero-order chi connectivity index (χ0) is 16.2. The van der Waals surface area contributed by atoms with Crippen molar-refractivity contribution in [3.8, 4) is 5.75 Å². The molecule has 0 saturated carbocycles. The van der Waals surface area contributed by atoms with Gasteiger partial charge in [-0.05, 0) is 43.3 Å². The molecule has 2 aromatic heterocycles. The Morgan fingerprint density at radius 2 is 2.09 bits per heavy atom. The summed E-state index contributed by atoms with van der Waals surface area (Å²) in [5, 5.41) is 3.25. The predicted octanol–water partition coefficient (Wildman–Crippen LogP) is 4.64. The van der Waals surface area contributed by atoms with Gasteiger partial charge in [0.2, 0.25) is 0 Å². The lowest BCUT2D eigenvalue weighted by Gasteiger charge is -2.04. The van der Waals surface area contributed by atoms with Crippen LogP contribution in [0.2, 0.25) is 0 Å². The largest absolute Gasteiger partial charge is 0.486 e. The first kappa shape index (κ1) is 15.8. The summed E-state index contributed by atoms with van der Waals surface area (Å²) in [4.78, 5) is 17.2. The number of carbonyl (C=O) groups is 1. The third kappa shape index (κ3) is 4.20. The Labute approximate surface area is 145 Å². The van der Waals surface area contributed by atoms with Gasteiger partial charge in [-0.25, -0.2) is 4.98 Å². The van der Waals surface area contributed by atoms with Gasteiger partial charge in [-0.15, -0.1) is 11.3 Å². The van der Waals surface area contributed by atoms with Crippen LogP contribution in [-0.2, 0) is 6.61 Å². The van der Waals surface area contributed by atoms with Crippen molar-refractivity contribution in [2.24, 2.45) is 0 Å². The minimum atomic E-state index is -0.325. The van der Waals surface area contributed by atoms with Crippen LogP contribution < -0.4 is 10.1 Å². The maximum Gasteiger partial charge on any atom is 0.293 e. The van der Waals surface area contributed by atoms with E-state index in [1.165, 1.54) is 11.3 Å².